The van der Waals surface area contributed by atoms with Crippen molar-refractivity contribution in [3.05, 3.63) is 30.3 Å². The molecule has 6 fully saturated rings. The Hall–Kier alpha value is -1.50. The summed E-state index contributed by atoms with van der Waals surface area (Å²) < 4.78 is 23.7. The number of quaternary nitrogens is 1. The van der Waals surface area contributed by atoms with Crippen molar-refractivity contribution in [1.29, 1.82) is 0 Å². The highest BCUT2D eigenvalue weighted by molar-refractivity contribution is 8.76. The molecule has 7 aliphatic rings. The van der Waals surface area contributed by atoms with Crippen molar-refractivity contribution in [2.75, 3.05) is 31.4 Å². The quantitative estimate of drug-likeness (QED) is 0.0699. The molecule has 324 valence electrons. The van der Waals surface area contributed by atoms with E-state index in [-0.39, 0.29) is 54.3 Å². The number of nitrogens with two attached hydrogens (primary N) is 1. The number of allylic oxidation sites excluding steroid dienone is 3. The molecule has 15 heteroatoms. The van der Waals surface area contributed by atoms with E-state index in [1.807, 2.05) is 18.1 Å². The molecule has 0 aromatic rings. The molecular formula is C43H66N2O11S2+2. The van der Waals surface area contributed by atoms with Crippen LogP contribution in [0.5, 0.6) is 0 Å². The van der Waals surface area contributed by atoms with Crippen LogP contribution in [0, 0.1) is 48.0 Å². The molecule has 0 spiro atoms. The van der Waals surface area contributed by atoms with Gasteiger partial charge in [0.05, 0.1) is 54.7 Å². The van der Waals surface area contributed by atoms with E-state index in [0.717, 1.165) is 43.4 Å². The summed E-state index contributed by atoms with van der Waals surface area (Å²) in [6.07, 6.45) is 13.7. The first-order valence-electron chi connectivity index (χ1n) is 21.9. The number of aliphatic hydroxyl groups is 6. The molecule has 0 aromatic heterocycles. The molecule has 7 rings (SSSR count). The number of ether oxygens (including phenoxy) is 4. The van der Waals surface area contributed by atoms with Gasteiger partial charge in [-0.1, -0.05) is 59.9 Å². The summed E-state index contributed by atoms with van der Waals surface area (Å²) in [5.74, 6) is 0.293. The van der Waals surface area contributed by atoms with Crippen LogP contribution in [0.2, 0.25) is 0 Å². The van der Waals surface area contributed by atoms with Gasteiger partial charge in [0.25, 0.3) is 0 Å². The zero-order chi connectivity index (χ0) is 40.9. The lowest BCUT2D eigenvalue weighted by Crippen LogP contribution is -2.95. The monoisotopic (exact) mass is 850 g/mol. The molecule has 7 N–H and O–H groups in total. The van der Waals surface area contributed by atoms with Crippen LogP contribution in [-0.2, 0) is 23.8 Å². The molecule has 0 amide bonds. The first-order valence-corrected chi connectivity index (χ1v) is 24.4. The summed E-state index contributed by atoms with van der Waals surface area (Å²) in [5.41, 5.74) is -3.58. The van der Waals surface area contributed by atoms with Gasteiger partial charge in [0, 0.05) is 18.1 Å². The zero-order valence-corrected chi connectivity index (χ0v) is 35.4. The standard InChI is InChI=1S/C43H64N2O11S2/c1-26(6-5-9-27-7-3-2-4-8-27)33-20-45-23-42(52)41(55-31-14-15-32-36(18-31)53-21-34(37(32)48)28-10-12-30(47)13-11-28)56-38(40(50)51)39(49)43(42,24-46)54-25-58-57-22-35(33)29-16-17-44-19-29/h5,9,16-17,19,24,26-28,30-39,41,45,47-49,52H,2-4,6-8,10-15,18,20-23,25H2,1H3/p+2/t26-,28?,30?,31?,32?,33+,34?,35+,36?,37?,38+,39-,41-,42-,43+/m1/s1. The summed E-state index contributed by atoms with van der Waals surface area (Å²) in [4.78, 5) is 30.2. The van der Waals surface area contributed by atoms with Crippen LogP contribution in [0.25, 0.3) is 0 Å². The Bertz CT molecular complexity index is 1470. The molecule has 0 bridgehead atoms. The fourth-order valence-electron chi connectivity index (χ4n) is 11.2. The third kappa shape index (κ3) is 9.60. The van der Waals surface area contributed by atoms with Crippen molar-refractivity contribution in [2.24, 2.45) is 46.4 Å². The van der Waals surface area contributed by atoms with Crippen LogP contribution in [0.3, 0.4) is 0 Å². The Morgan fingerprint density at radius 1 is 1.12 bits per heavy atom. The third-order valence-electron chi connectivity index (χ3n) is 14.8. The second kappa shape index (κ2) is 20.1. The summed E-state index contributed by atoms with van der Waals surface area (Å²) in [7, 11) is 2.90. The highest BCUT2D eigenvalue weighted by Crippen LogP contribution is 2.46. The van der Waals surface area contributed by atoms with Crippen LogP contribution >= 0.6 is 21.6 Å². The number of carbonyl (C=O) groups is 2. The molecular weight excluding hydrogens is 785 g/mol. The Morgan fingerprint density at radius 2 is 1.91 bits per heavy atom. The lowest BCUT2D eigenvalue weighted by Gasteiger charge is -2.54. The van der Waals surface area contributed by atoms with E-state index < -0.39 is 47.9 Å². The van der Waals surface area contributed by atoms with Crippen molar-refractivity contribution < 1.29 is 59.4 Å². The van der Waals surface area contributed by atoms with Gasteiger partial charge in [-0.3, -0.25) is 4.79 Å². The molecule has 4 aliphatic heterocycles. The molecule has 58 heavy (non-hydrogen) atoms. The summed E-state index contributed by atoms with van der Waals surface area (Å²) in [6.45, 7) is 4.96. The Balaban J connectivity index is 1.10. The van der Waals surface area contributed by atoms with Gasteiger partial charge in [0.15, 0.2) is 37.1 Å². The average Bonchev–Trinajstić information content (AvgIpc) is 3.76. The maximum Gasteiger partial charge on any atom is 0.203 e. The van der Waals surface area contributed by atoms with E-state index in [4.69, 9.17) is 18.9 Å². The second-order valence-corrected chi connectivity index (χ2v) is 20.6. The summed E-state index contributed by atoms with van der Waals surface area (Å²) >= 11 is 0. The van der Waals surface area contributed by atoms with Gasteiger partial charge in [-0.2, -0.15) is 0 Å². The third-order valence-corrected chi connectivity index (χ3v) is 16.8. The Morgan fingerprint density at radius 3 is 2.64 bits per heavy atom. The second-order valence-electron chi connectivity index (χ2n) is 18.2. The van der Waals surface area contributed by atoms with Crippen LogP contribution in [0.1, 0.15) is 90.4 Å². The highest BCUT2D eigenvalue weighted by Gasteiger charge is 2.69. The lowest BCUT2D eigenvalue weighted by molar-refractivity contribution is -0.682. The fraction of sp³-hybridized carbons (Fsp3) is 0.814. The number of rotatable bonds is 10. The molecule has 0 aromatic carbocycles. The zero-order valence-electron chi connectivity index (χ0n) is 33.8. The predicted molar refractivity (Wildman–Crippen MR) is 219 cm³/mol. The van der Waals surface area contributed by atoms with Crippen LogP contribution in [0.15, 0.2) is 28.8 Å². The van der Waals surface area contributed by atoms with Crippen molar-refractivity contribution in [2.45, 2.75) is 145 Å². The van der Waals surface area contributed by atoms with Crippen molar-refractivity contribution in [1.82, 2.24) is 0 Å². The molecule has 3 aliphatic carbocycles. The number of hydrogen-bond donors (Lipinski definition) is 5. The van der Waals surface area contributed by atoms with Gasteiger partial charge < -0.3 is 54.6 Å². The molecule has 13 atom stereocenters. The predicted octanol–water partition coefficient (Wildman–Crippen LogP) is 1.61. The van der Waals surface area contributed by atoms with Gasteiger partial charge in [-0.25, -0.2) is 0 Å². The molecule has 3 saturated carbocycles. The van der Waals surface area contributed by atoms with Gasteiger partial charge >= 0.3 is 0 Å². The Kier molecular flexibility index (Phi) is 15.5. The van der Waals surface area contributed by atoms with E-state index in [1.165, 1.54) is 42.9 Å². The number of carboxylic acid groups (broad SMARTS) is 1. The molecule has 4 heterocycles. The molecule has 5 unspecified atom stereocenters. The summed E-state index contributed by atoms with van der Waals surface area (Å²) in [5, 5.41) is 60.5. The number of fused-ring (bicyclic) bond motifs is 2. The van der Waals surface area contributed by atoms with E-state index in [9.17, 15) is 35.1 Å². The average molecular weight is 851 g/mol. The van der Waals surface area contributed by atoms with E-state index in [1.54, 1.807) is 10.8 Å². The maximum absolute atomic E-state index is 13.3. The first kappa shape index (κ1) is 44.6. The van der Waals surface area contributed by atoms with Gasteiger partial charge in [-0.05, 0) is 75.5 Å². The van der Waals surface area contributed by atoms with Crippen LogP contribution < -0.4 is 10.4 Å². The number of hydrogen-bond acceptors (Lipinski definition) is 13. The number of aliphatic carboxylic acids is 1. The molecule has 0 radical (unpaired) electrons. The number of carboxylic acids is 1. The highest BCUT2D eigenvalue weighted by atomic mass is 33.1. The lowest BCUT2D eigenvalue weighted by atomic mass is 9.69. The van der Waals surface area contributed by atoms with E-state index in [2.05, 4.69) is 30.1 Å². The number of nitrogens with zero attached hydrogens (tertiary/aromatic N) is 1. The van der Waals surface area contributed by atoms with E-state index in [0.29, 0.717) is 50.5 Å². The smallest absolute Gasteiger partial charge is 0.203 e. The minimum atomic E-state index is -2.41. The van der Waals surface area contributed by atoms with Gasteiger partial charge in [0.2, 0.25) is 5.60 Å². The number of aliphatic hydroxyl groups excluding tert-OH is 3. The van der Waals surface area contributed by atoms with Crippen LogP contribution in [0.4, 0.5) is 0 Å². The fourth-order valence-corrected chi connectivity index (χ4v) is 13.3. The van der Waals surface area contributed by atoms with Crippen LogP contribution in [-0.4, -0.2) is 129 Å². The van der Waals surface area contributed by atoms with Crippen molar-refractivity contribution >= 4 is 40.1 Å². The summed E-state index contributed by atoms with van der Waals surface area (Å²) in [6, 6.07) is 0. The first-order chi connectivity index (χ1) is 28.0. The minimum Gasteiger partial charge on any atom is -0.547 e. The SMILES string of the molecule is C[C@H](CC=CC1CCCCC1)[C@@H]1C[NH2+]C[C@@]2(O)[C@H](OC3CCC4C(C3)[OH+]CC(C3CCC(O)CC3)C4O)O[C@H](C(=O)[O-])[C@@H](O)[C@]2(C=O)OCSSC[C@H]1C1=C[CH+]N=C1. The molecule has 3 saturated heterocycles. The number of aldehydes is 1. The Labute approximate surface area is 350 Å². The van der Waals surface area contributed by atoms with Crippen molar-refractivity contribution in [3.8, 4) is 0 Å². The molecule has 13 nitrogen and oxygen atoms in total. The van der Waals surface area contributed by atoms with Gasteiger partial charge in [0.1, 0.15) is 36.8 Å². The maximum atomic E-state index is 13.3. The normalized spacial score (nSPS) is 43.8. The minimum absolute atomic E-state index is 0.0431. The van der Waals surface area contributed by atoms with Gasteiger partial charge in [-0.15, -0.1) is 4.99 Å². The van der Waals surface area contributed by atoms with Crippen molar-refractivity contribution in [3.63, 3.8) is 0 Å². The number of aliphatic imine (C=N–C) groups is 1. The van der Waals surface area contributed by atoms with E-state index >= 15 is 0 Å². The topological polar surface area (TPSA) is 208 Å². The largest absolute Gasteiger partial charge is 0.547 e. The number of carbonyl (C=O) groups excluding carboxylic acids is 2.